The number of alkyl halides is 3. The van der Waals surface area contributed by atoms with Gasteiger partial charge in [0.25, 0.3) is 5.91 Å². The Hall–Kier alpha value is -4.08. The second-order valence-corrected chi connectivity index (χ2v) is 7.55. The van der Waals surface area contributed by atoms with Crippen molar-refractivity contribution in [1.82, 2.24) is 20.1 Å². The molecule has 176 valence electrons. The molecular formula is C24H21F3N4O3. The predicted molar refractivity (Wildman–Crippen MR) is 118 cm³/mol. The molecule has 34 heavy (non-hydrogen) atoms. The Bertz CT molecular complexity index is 1290. The summed E-state index contributed by atoms with van der Waals surface area (Å²) < 4.78 is 51.0. The van der Waals surface area contributed by atoms with Crippen LogP contribution in [0.15, 0.2) is 65.4 Å². The Morgan fingerprint density at radius 2 is 1.94 bits per heavy atom. The van der Waals surface area contributed by atoms with E-state index < -0.39 is 17.6 Å². The number of methoxy groups -OCH3 is 1. The number of aryl methyl sites for hydroxylation is 1. The number of nitrogens with one attached hydrogen (secondary N) is 1. The third-order valence-corrected chi connectivity index (χ3v) is 5.07. The zero-order valence-electron chi connectivity index (χ0n) is 18.4. The molecule has 0 fully saturated rings. The van der Waals surface area contributed by atoms with E-state index in [1.807, 2.05) is 31.2 Å². The van der Waals surface area contributed by atoms with Gasteiger partial charge in [-0.2, -0.15) is 18.3 Å². The lowest BCUT2D eigenvalue weighted by Gasteiger charge is -2.08. The van der Waals surface area contributed by atoms with Gasteiger partial charge >= 0.3 is 6.18 Å². The highest BCUT2D eigenvalue weighted by Crippen LogP contribution is 2.30. The Kier molecular flexibility index (Phi) is 6.40. The van der Waals surface area contributed by atoms with Gasteiger partial charge in [0.05, 0.1) is 30.3 Å². The number of oxazole rings is 1. The fourth-order valence-electron chi connectivity index (χ4n) is 3.26. The Morgan fingerprint density at radius 3 is 2.65 bits per heavy atom. The fourth-order valence-corrected chi connectivity index (χ4v) is 3.26. The van der Waals surface area contributed by atoms with Gasteiger partial charge in [0.2, 0.25) is 5.89 Å². The third kappa shape index (κ3) is 5.11. The molecule has 1 N–H and O–H groups in total. The van der Waals surface area contributed by atoms with Crippen LogP contribution in [-0.2, 0) is 12.6 Å². The van der Waals surface area contributed by atoms with Gasteiger partial charge < -0.3 is 14.5 Å². The van der Waals surface area contributed by atoms with Gasteiger partial charge in [0, 0.05) is 18.5 Å². The Balaban J connectivity index is 1.42. The molecule has 10 heteroatoms. The van der Waals surface area contributed by atoms with Gasteiger partial charge in [-0.15, -0.1) is 0 Å². The van der Waals surface area contributed by atoms with Crippen LogP contribution in [0, 0.1) is 6.92 Å². The van der Waals surface area contributed by atoms with Crippen LogP contribution in [0.5, 0.6) is 5.75 Å². The predicted octanol–water partition coefficient (Wildman–Crippen LogP) is 4.84. The van der Waals surface area contributed by atoms with E-state index in [1.165, 1.54) is 36.4 Å². The molecule has 0 spiro atoms. The zero-order chi connectivity index (χ0) is 24.3. The van der Waals surface area contributed by atoms with Crippen LogP contribution < -0.4 is 10.1 Å². The maximum atomic E-state index is 13.0. The molecule has 4 aromatic rings. The quantitative estimate of drug-likeness (QED) is 0.418. The summed E-state index contributed by atoms with van der Waals surface area (Å²) >= 11 is 0. The lowest BCUT2D eigenvalue weighted by molar-refractivity contribution is -0.137. The molecule has 4 rings (SSSR count). The van der Waals surface area contributed by atoms with Crippen LogP contribution in [0.3, 0.4) is 0 Å². The molecular weight excluding hydrogens is 449 g/mol. The second kappa shape index (κ2) is 9.42. The molecule has 2 heterocycles. The molecule has 0 saturated carbocycles. The summed E-state index contributed by atoms with van der Waals surface area (Å²) in [6.07, 6.45) is -1.19. The number of ether oxygens (including phenoxy) is 1. The van der Waals surface area contributed by atoms with Crippen molar-refractivity contribution in [3.05, 3.63) is 83.5 Å². The number of halogens is 3. The van der Waals surface area contributed by atoms with Crippen molar-refractivity contribution in [3.8, 4) is 22.9 Å². The maximum Gasteiger partial charge on any atom is 0.416 e. The average Bonchev–Trinajstić information content (AvgIpc) is 3.46. The van der Waals surface area contributed by atoms with Gasteiger partial charge in [-0.25, -0.2) is 9.67 Å². The summed E-state index contributed by atoms with van der Waals surface area (Å²) in [5, 5.41) is 6.85. The minimum absolute atomic E-state index is 0.0413. The first kappa shape index (κ1) is 23.1. The number of carbonyl (C=O) groups excluding carboxylic acids is 1. The molecule has 0 atom stereocenters. The van der Waals surface area contributed by atoms with E-state index >= 15 is 0 Å². The number of benzene rings is 2. The number of rotatable bonds is 7. The fraction of sp³-hybridized carbons (Fsp3) is 0.208. The van der Waals surface area contributed by atoms with Gasteiger partial charge in [0.15, 0.2) is 11.4 Å². The molecule has 0 saturated heterocycles. The van der Waals surface area contributed by atoms with E-state index in [9.17, 15) is 18.0 Å². The number of amides is 1. The number of aromatic nitrogens is 3. The Morgan fingerprint density at radius 1 is 1.18 bits per heavy atom. The van der Waals surface area contributed by atoms with Crippen molar-refractivity contribution in [3.63, 3.8) is 0 Å². The first-order valence-electron chi connectivity index (χ1n) is 10.4. The lowest BCUT2D eigenvalue weighted by Crippen LogP contribution is -2.26. The number of carbonyl (C=O) groups is 1. The summed E-state index contributed by atoms with van der Waals surface area (Å²) in [6, 6.07) is 12.4. The van der Waals surface area contributed by atoms with Gasteiger partial charge in [0.1, 0.15) is 6.26 Å². The molecule has 2 aromatic carbocycles. The SMILES string of the molecule is COc1cn(-c2cccc(C(F)(F)F)c2)nc1C(=O)NCCc1coc(-c2ccc(C)cc2)n1. The van der Waals surface area contributed by atoms with E-state index in [0.717, 1.165) is 23.3 Å². The van der Waals surface area contributed by atoms with Crippen molar-refractivity contribution < 1.29 is 27.1 Å². The summed E-state index contributed by atoms with van der Waals surface area (Å²) in [5.41, 5.74) is 1.94. The Labute approximate surface area is 193 Å². The molecule has 0 aliphatic carbocycles. The average molecular weight is 470 g/mol. The van der Waals surface area contributed by atoms with Gasteiger partial charge in [-0.1, -0.05) is 23.8 Å². The topological polar surface area (TPSA) is 82.2 Å². The summed E-state index contributed by atoms with van der Waals surface area (Å²) in [7, 11) is 1.35. The van der Waals surface area contributed by atoms with Crippen LogP contribution in [-0.4, -0.2) is 34.3 Å². The van der Waals surface area contributed by atoms with Gasteiger partial charge in [-0.05, 0) is 37.3 Å². The van der Waals surface area contributed by atoms with Crippen LogP contribution >= 0.6 is 0 Å². The molecule has 7 nitrogen and oxygen atoms in total. The smallest absolute Gasteiger partial charge is 0.416 e. The van der Waals surface area contributed by atoms with Crippen molar-refractivity contribution >= 4 is 5.91 Å². The summed E-state index contributed by atoms with van der Waals surface area (Å²) in [6.45, 7) is 2.24. The molecule has 1 amide bonds. The van der Waals surface area contributed by atoms with Crippen LogP contribution in [0.1, 0.15) is 27.3 Å². The number of hydrogen-bond donors (Lipinski definition) is 1. The number of nitrogens with zero attached hydrogens (tertiary/aromatic N) is 3. The van der Waals surface area contributed by atoms with Crippen molar-refractivity contribution in [2.45, 2.75) is 19.5 Å². The monoisotopic (exact) mass is 470 g/mol. The van der Waals surface area contributed by atoms with Crippen LogP contribution in [0.4, 0.5) is 13.2 Å². The highest BCUT2D eigenvalue weighted by molar-refractivity contribution is 5.94. The van der Waals surface area contributed by atoms with Crippen molar-refractivity contribution in [2.24, 2.45) is 0 Å². The minimum Gasteiger partial charge on any atom is -0.493 e. The second-order valence-electron chi connectivity index (χ2n) is 7.55. The van der Waals surface area contributed by atoms with E-state index in [-0.39, 0.29) is 23.7 Å². The van der Waals surface area contributed by atoms with E-state index in [2.05, 4.69) is 15.4 Å². The standard InChI is InChI=1S/C24H21F3N4O3/c1-15-6-8-16(9-7-15)23-29-18(14-34-23)10-11-28-22(32)21-20(33-2)13-31(30-21)19-5-3-4-17(12-19)24(25,26)27/h3-9,12-14H,10-11H2,1-2H3,(H,28,32). The van der Waals surface area contributed by atoms with E-state index in [1.54, 1.807) is 0 Å². The highest BCUT2D eigenvalue weighted by atomic mass is 19.4. The molecule has 0 aliphatic heterocycles. The largest absolute Gasteiger partial charge is 0.493 e. The third-order valence-electron chi connectivity index (χ3n) is 5.07. The lowest BCUT2D eigenvalue weighted by atomic mass is 10.1. The molecule has 2 aromatic heterocycles. The maximum absolute atomic E-state index is 13.0. The first-order chi connectivity index (χ1) is 16.2. The summed E-state index contributed by atoms with van der Waals surface area (Å²) in [4.78, 5) is 17.1. The van der Waals surface area contributed by atoms with Crippen molar-refractivity contribution in [1.29, 1.82) is 0 Å². The highest BCUT2D eigenvalue weighted by Gasteiger charge is 2.30. The minimum atomic E-state index is -4.49. The van der Waals surface area contributed by atoms with E-state index in [0.29, 0.717) is 18.0 Å². The molecule has 0 radical (unpaired) electrons. The first-order valence-corrected chi connectivity index (χ1v) is 10.4. The van der Waals surface area contributed by atoms with Gasteiger partial charge in [-0.3, -0.25) is 4.79 Å². The van der Waals surface area contributed by atoms with Crippen molar-refractivity contribution in [2.75, 3.05) is 13.7 Å². The molecule has 0 unspecified atom stereocenters. The normalized spacial score (nSPS) is 11.4. The molecule has 0 bridgehead atoms. The van der Waals surface area contributed by atoms with E-state index in [4.69, 9.17) is 9.15 Å². The van der Waals surface area contributed by atoms with Crippen LogP contribution in [0.2, 0.25) is 0 Å². The van der Waals surface area contributed by atoms with Crippen LogP contribution in [0.25, 0.3) is 17.1 Å². The zero-order valence-corrected chi connectivity index (χ0v) is 18.4. The number of hydrogen-bond acceptors (Lipinski definition) is 5. The molecule has 0 aliphatic rings. The summed E-state index contributed by atoms with van der Waals surface area (Å²) in [5.74, 6) is 0.102.